The number of aliphatic carboxylic acids is 2. The second-order valence-corrected chi connectivity index (χ2v) is 17.0. The van der Waals surface area contributed by atoms with E-state index >= 15 is 0 Å². The molecule has 0 aliphatic carbocycles. The van der Waals surface area contributed by atoms with Gasteiger partial charge in [-0.1, -0.05) is 44.2 Å². The van der Waals surface area contributed by atoms with Crippen molar-refractivity contribution in [1.82, 2.24) is 47.2 Å². The van der Waals surface area contributed by atoms with Crippen LogP contribution in [0.1, 0.15) is 77.0 Å². The summed E-state index contributed by atoms with van der Waals surface area (Å²) in [5.74, 6) is -9.66. The number of H-pyrrole nitrogens is 1. The second-order valence-electron chi connectivity index (χ2n) is 16.7. The van der Waals surface area contributed by atoms with Gasteiger partial charge in [-0.25, -0.2) is 9.78 Å². The molecule has 382 valence electrons. The quantitative estimate of drug-likeness (QED) is 0.0147. The Bertz CT molecular complexity index is 2040. The van der Waals surface area contributed by atoms with E-state index in [-0.39, 0.29) is 69.2 Å². The van der Waals surface area contributed by atoms with Gasteiger partial charge in [0.1, 0.15) is 42.3 Å². The highest BCUT2D eigenvalue weighted by Gasteiger charge is 2.34. The third kappa shape index (κ3) is 22.2. The Morgan fingerprint density at radius 2 is 1.23 bits per heavy atom. The summed E-state index contributed by atoms with van der Waals surface area (Å²) in [5.41, 5.74) is 23.5. The first-order valence-electron chi connectivity index (χ1n) is 22.4. The van der Waals surface area contributed by atoms with Crippen LogP contribution in [0.5, 0.6) is 0 Å². The summed E-state index contributed by atoms with van der Waals surface area (Å²) >= 11 is 4.20. The van der Waals surface area contributed by atoms with E-state index in [9.17, 15) is 53.4 Å². The van der Waals surface area contributed by atoms with Crippen molar-refractivity contribution in [2.75, 3.05) is 18.8 Å². The van der Waals surface area contributed by atoms with E-state index in [4.69, 9.17) is 22.9 Å². The molecule has 2 aromatic rings. The minimum absolute atomic E-state index is 0.0192. The SMILES string of the molecule is CC(C)C[C@H](NC(=O)[C@H](Cc1cnc[nH]1)NC(=O)[C@H](CS)NC(=O)[C@H](CC(=O)O)NC(=O)[C@H](CCCCN)NC(=O)[C@@H](N)Cc1ccccc1)C(=O)N[C@@H](C)C(=O)N[C@@H](CCCN=C(N)N)C(=O)O. The summed E-state index contributed by atoms with van der Waals surface area (Å²) in [7, 11) is 0. The predicted octanol–water partition coefficient (Wildman–Crippen LogP) is -3.35. The normalized spacial score (nSPS) is 14.5. The highest BCUT2D eigenvalue weighted by Crippen LogP contribution is 2.10. The molecule has 7 amide bonds. The number of guanidine groups is 1. The smallest absolute Gasteiger partial charge is 0.326 e. The topological polar surface area (TPSA) is 423 Å². The maximum absolute atomic E-state index is 14.0. The third-order valence-electron chi connectivity index (χ3n) is 10.3. The van der Waals surface area contributed by atoms with Gasteiger partial charge in [0.2, 0.25) is 41.4 Å². The molecule has 8 atom stereocenters. The number of imidazole rings is 1. The summed E-state index contributed by atoms with van der Waals surface area (Å²) in [5, 5.41) is 36.7. The number of nitrogens with two attached hydrogens (primary N) is 4. The van der Waals surface area contributed by atoms with Crippen molar-refractivity contribution in [3.8, 4) is 0 Å². The Kier molecular flexibility index (Phi) is 25.8. The van der Waals surface area contributed by atoms with E-state index in [1.54, 1.807) is 44.2 Å². The molecule has 0 fully saturated rings. The van der Waals surface area contributed by atoms with Crippen LogP contribution in [0.25, 0.3) is 0 Å². The van der Waals surface area contributed by atoms with Crippen LogP contribution in [0.15, 0.2) is 47.8 Å². The molecule has 0 saturated heterocycles. The summed E-state index contributed by atoms with van der Waals surface area (Å²) in [4.78, 5) is 129. The lowest BCUT2D eigenvalue weighted by atomic mass is 10.0. The fraction of sp³-hybridized carbons (Fsp3) is 0.558. The van der Waals surface area contributed by atoms with Crippen LogP contribution >= 0.6 is 12.6 Å². The van der Waals surface area contributed by atoms with E-state index in [2.05, 4.69) is 64.8 Å². The molecule has 0 aliphatic heterocycles. The zero-order valence-corrected chi connectivity index (χ0v) is 39.8. The molecule has 1 heterocycles. The number of hydrogen-bond donors (Lipinski definition) is 15. The molecule has 0 unspecified atom stereocenters. The molecule has 18 N–H and O–H groups in total. The standard InChI is InChI=1S/C43H68N14O11S/c1-23(2)16-30(38(63)51-24(3)35(60)53-29(42(67)68)13-9-15-49-43(46)47)54-39(64)31(18-26-20-48-22-50-26)55-41(66)33(21-69)57-40(65)32(19-34(58)59)56-37(62)28(12-7-8-14-44)52-36(61)27(45)17-25-10-5-4-6-11-25/h4-6,10-11,20,22-24,27-33,69H,7-9,12-19,21,44-45H2,1-3H3,(H,48,50)(H,51,63)(H,52,61)(H,53,60)(H,54,64)(H,55,66)(H,56,62)(H,57,65)(H,58,59)(H,67,68)(H4,46,47,49)/t24-,27-,28-,29-,30-,31-,32-,33-/m0/s1. The van der Waals surface area contributed by atoms with Gasteiger partial charge in [-0.3, -0.25) is 43.3 Å². The maximum atomic E-state index is 14.0. The van der Waals surface area contributed by atoms with Crippen LogP contribution in [0.3, 0.4) is 0 Å². The lowest BCUT2D eigenvalue weighted by Gasteiger charge is -2.27. The Hall–Kier alpha value is -6.80. The Morgan fingerprint density at radius 3 is 1.81 bits per heavy atom. The van der Waals surface area contributed by atoms with Gasteiger partial charge in [-0.05, 0) is 69.9 Å². The number of thiol groups is 1. The lowest BCUT2D eigenvalue weighted by Crippen LogP contribution is -2.61. The van der Waals surface area contributed by atoms with E-state index < -0.39 is 108 Å². The number of aromatic nitrogens is 2. The number of aliphatic imine (C=N–C) groups is 1. The first kappa shape index (κ1) is 58.3. The first-order chi connectivity index (χ1) is 32.6. The van der Waals surface area contributed by atoms with E-state index in [0.717, 1.165) is 5.56 Å². The number of carboxylic acid groups (broad SMARTS) is 2. The summed E-state index contributed by atoms with van der Waals surface area (Å²) < 4.78 is 0. The lowest BCUT2D eigenvalue weighted by molar-refractivity contribution is -0.142. The monoisotopic (exact) mass is 988 g/mol. The van der Waals surface area contributed by atoms with Gasteiger partial charge in [-0.2, -0.15) is 12.6 Å². The number of unbranched alkanes of at least 4 members (excludes halogenated alkanes) is 1. The molecule has 1 aromatic heterocycles. The first-order valence-corrected chi connectivity index (χ1v) is 23.0. The third-order valence-corrected chi connectivity index (χ3v) is 10.7. The highest BCUT2D eigenvalue weighted by atomic mass is 32.1. The molecule has 2 rings (SSSR count). The maximum Gasteiger partial charge on any atom is 0.326 e. The number of carboxylic acids is 2. The van der Waals surface area contributed by atoms with E-state index in [1.807, 2.05) is 0 Å². The summed E-state index contributed by atoms with van der Waals surface area (Å²) in [6.45, 7) is 5.27. The minimum Gasteiger partial charge on any atom is -0.481 e. The van der Waals surface area contributed by atoms with Crippen LogP contribution < -0.4 is 60.2 Å². The van der Waals surface area contributed by atoms with Crippen LogP contribution in [0, 0.1) is 5.92 Å². The van der Waals surface area contributed by atoms with E-state index in [1.165, 1.54) is 19.4 Å². The molecule has 69 heavy (non-hydrogen) atoms. The zero-order valence-electron chi connectivity index (χ0n) is 38.9. The van der Waals surface area contributed by atoms with Gasteiger partial charge in [0.25, 0.3) is 0 Å². The van der Waals surface area contributed by atoms with Crippen LogP contribution in [0.2, 0.25) is 0 Å². The number of hydrogen-bond acceptors (Lipinski definition) is 14. The molecule has 26 heteroatoms. The van der Waals surface area contributed by atoms with Gasteiger partial charge in [-0.15, -0.1) is 0 Å². The van der Waals surface area contributed by atoms with Crippen molar-refractivity contribution in [2.45, 2.75) is 127 Å². The fourth-order valence-corrected chi connectivity index (χ4v) is 6.89. The molecule has 0 aliphatic rings. The van der Waals surface area contributed by atoms with Gasteiger partial charge in [0.05, 0.1) is 18.8 Å². The molecule has 0 spiro atoms. The number of carbonyl (C=O) groups is 9. The average molecular weight is 989 g/mol. The largest absolute Gasteiger partial charge is 0.481 e. The molecule has 0 radical (unpaired) electrons. The van der Waals surface area contributed by atoms with Crippen molar-refractivity contribution < 1.29 is 53.4 Å². The van der Waals surface area contributed by atoms with Gasteiger partial charge < -0.3 is 75.3 Å². The van der Waals surface area contributed by atoms with Crippen LogP contribution in [0.4, 0.5) is 0 Å². The summed E-state index contributed by atoms with van der Waals surface area (Å²) in [6, 6.07) is -1.94. The second kappa shape index (κ2) is 30.6. The van der Waals surface area contributed by atoms with Crippen molar-refractivity contribution in [3.05, 3.63) is 54.1 Å². The number of rotatable bonds is 32. The number of benzene rings is 1. The molecule has 25 nitrogen and oxygen atoms in total. The summed E-state index contributed by atoms with van der Waals surface area (Å²) in [6.07, 6.45) is 2.93. The molecule has 0 saturated carbocycles. The highest BCUT2D eigenvalue weighted by molar-refractivity contribution is 7.80. The number of aromatic amines is 1. The zero-order chi connectivity index (χ0) is 51.6. The molecule has 1 aromatic carbocycles. The molecular formula is C43H68N14O11S. The Balaban J connectivity index is 2.25. The van der Waals surface area contributed by atoms with Crippen molar-refractivity contribution >= 4 is 71.9 Å². The average Bonchev–Trinajstić information content (AvgIpc) is 3.80. The van der Waals surface area contributed by atoms with Gasteiger partial charge >= 0.3 is 11.9 Å². The minimum atomic E-state index is -1.76. The number of amides is 7. The van der Waals surface area contributed by atoms with Gasteiger partial charge in [0, 0.05) is 30.6 Å². The number of nitrogens with one attached hydrogen (secondary N) is 8. The van der Waals surface area contributed by atoms with Crippen molar-refractivity contribution in [2.24, 2.45) is 33.8 Å². The molecule has 0 bridgehead atoms. The number of carbonyl (C=O) groups excluding carboxylic acids is 7. The fourth-order valence-electron chi connectivity index (χ4n) is 6.63. The Labute approximate surface area is 405 Å². The van der Waals surface area contributed by atoms with Crippen molar-refractivity contribution in [1.29, 1.82) is 0 Å². The Morgan fingerprint density at radius 1 is 0.681 bits per heavy atom. The number of nitrogens with zero attached hydrogens (tertiary/aromatic N) is 2. The van der Waals surface area contributed by atoms with E-state index in [0.29, 0.717) is 18.5 Å². The van der Waals surface area contributed by atoms with Gasteiger partial charge in [0.15, 0.2) is 5.96 Å². The molecular weight excluding hydrogens is 921 g/mol. The van der Waals surface area contributed by atoms with Crippen LogP contribution in [-0.4, -0.2) is 147 Å². The van der Waals surface area contributed by atoms with Crippen molar-refractivity contribution in [3.63, 3.8) is 0 Å². The predicted molar refractivity (Wildman–Crippen MR) is 256 cm³/mol. The van der Waals surface area contributed by atoms with Crippen LogP contribution in [-0.2, 0) is 56.0 Å².